The van der Waals surface area contributed by atoms with Crippen LogP contribution in [0.1, 0.15) is 15.9 Å². The Labute approximate surface area is 166 Å². The smallest absolute Gasteiger partial charge is 0.259 e. The molecule has 2 aromatic rings. The Morgan fingerprint density at radius 1 is 1.07 bits per heavy atom. The molecule has 0 saturated heterocycles. The van der Waals surface area contributed by atoms with Crippen molar-refractivity contribution < 1.29 is 19.1 Å². The van der Waals surface area contributed by atoms with Crippen molar-refractivity contribution >= 4 is 41.2 Å². The Kier molecular flexibility index (Phi) is 7.45. The molecule has 0 aliphatic heterocycles. The summed E-state index contributed by atoms with van der Waals surface area (Å²) in [6.07, 6.45) is 1.38. The molecule has 9 heteroatoms. The van der Waals surface area contributed by atoms with Gasteiger partial charge in [0.1, 0.15) is 0 Å². The molecule has 2 aromatic carbocycles. The zero-order valence-electron chi connectivity index (χ0n) is 14.6. The third kappa shape index (κ3) is 5.87. The Bertz CT molecular complexity index is 872. The SMILES string of the molecule is COc1ccc(C(=O)NCC(=O)N/N=C\c2ccc(Cl)cc2Cl)cc1OC. The maximum Gasteiger partial charge on any atom is 0.259 e. The maximum atomic E-state index is 12.1. The summed E-state index contributed by atoms with van der Waals surface area (Å²) in [7, 11) is 2.97. The summed E-state index contributed by atoms with van der Waals surface area (Å²) in [6.45, 7) is -0.251. The van der Waals surface area contributed by atoms with Crippen LogP contribution < -0.4 is 20.2 Å². The molecule has 0 atom stereocenters. The van der Waals surface area contributed by atoms with E-state index in [0.717, 1.165) is 0 Å². The van der Waals surface area contributed by atoms with Gasteiger partial charge in [-0.25, -0.2) is 5.43 Å². The van der Waals surface area contributed by atoms with Crippen molar-refractivity contribution in [1.82, 2.24) is 10.7 Å². The molecular formula is C18H17Cl2N3O4. The standard InChI is InChI=1S/C18H17Cl2N3O4/c1-26-15-6-4-11(7-16(15)27-2)18(25)21-10-17(24)23-22-9-12-3-5-13(19)8-14(12)20/h3-9H,10H2,1-2H3,(H,21,25)(H,23,24)/b22-9-. The summed E-state index contributed by atoms with van der Waals surface area (Å²) < 4.78 is 10.3. The van der Waals surface area contributed by atoms with Gasteiger partial charge in [-0.05, 0) is 30.3 Å². The highest BCUT2D eigenvalue weighted by Gasteiger charge is 2.11. The van der Waals surface area contributed by atoms with Crippen LogP contribution in [0.25, 0.3) is 0 Å². The van der Waals surface area contributed by atoms with E-state index in [1.54, 1.807) is 30.3 Å². The summed E-state index contributed by atoms with van der Waals surface area (Å²) >= 11 is 11.8. The number of hydrazone groups is 1. The van der Waals surface area contributed by atoms with Crippen molar-refractivity contribution in [3.63, 3.8) is 0 Å². The molecular weight excluding hydrogens is 393 g/mol. The number of nitrogens with one attached hydrogen (secondary N) is 2. The monoisotopic (exact) mass is 409 g/mol. The molecule has 0 bridgehead atoms. The van der Waals surface area contributed by atoms with Crippen LogP contribution in [0.4, 0.5) is 0 Å². The number of carbonyl (C=O) groups excluding carboxylic acids is 2. The minimum atomic E-state index is -0.495. The Morgan fingerprint density at radius 2 is 1.81 bits per heavy atom. The van der Waals surface area contributed by atoms with Crippen LogP contribution in [0.5, 0.6) is 11.5 Å². The molecule has 0 radical (unpaired) electrons. The number of methoxy groups -OCH3 is 2. The molecule has 0 aromatic heterocycles. The first-order chi connectivity index (χ1) is 12.9. The van der Waals surface area contributed by atoms with Gasteiger partial charge in [0.25, 0.3) is 11.8 Å². The second-order valence-electron chi connectivity index (χ2n) is 5.21. The van der Waals surface area contributed by atoms with Crippen LogP contribution in [0.2, 0.25) is 10.0 Å². The van der Waals surface area contributed by atoms with E-state index in [1.165, 1.54) is 26.5 Å². The molecule has 2 rings (SSSR count). The number of hydrogen-bond acceptors (Lipinski definition) is 5. The normalized spacial score (nSPS) is 10.5. The first-order valence-corrected chi connectivity index (χ1v) is 8.47. The molecule has 2 amide bonds. The minimum Gasteiger partial charge on any atom is -0.493 e. The fourth-order valence-corrected chi connectivity index (χ4v) is 2.52. The van der Waals surface area contributed by atoms with E-state index < -0.39 is 11.8 Å². The highest BCUT2D eigenvalue weighted by atomic mass is 35.5. The molecule has 0 spiro atoms. The number of halogens is 2. The molecule has 0 aliphatic carbocycles. The van der Waals surface area contributed by atoms with E-state index in [0.29, 0.717) is 32.7 Å². The van der Waals surface area contributed by atoms with Gasteiger partial charge in [-0.2, -0.15) is 5.10 Å². The minimum absolute atomic E-state index is 0.251. The predicted molar refractivity (Wildman–Crippen MR) is 104 cm³/mol. The van der Waals surface area contributed by atoms with Crippen LogP contribution in [0.3, 0.4) is 0 Å². The van der Waals surface area contributed by atoms with Gasteiger partial charge >= 0.3 is 0 Å². The maximum absolute atomic E-state index is 12.1. The van der Waals surface area contributed by atoms with E-state index >= 15 is 0 Å². The molecule has 2 N–H and O–H groups in total. The number of benzene rings is 2. The van der Waals surface area contributed by atoms with Crippen molar-refractivity contribution in [2.75, 3.05) is 20.8 Å². The van der Waals surface area contributed by atoms with E-state index in [-0.39, 0.29) is 6.54 Å². The van der Waals surface area contributed by atoms with Gasteiger partial charge < -0.3 is 14.8 Å². The van der Waals surface area contributed by atoms with Gasteiger partial charge in [0.2, 0.25) is 0 Å². The number of nitrogens with zero attached hydrogens (tertiary/aromatic N) is 1. The summed E-state index contributed by atoms with van der Waals surface area (Å²) in [5.74, 6) is -0.0120. The molecule has 0 unspecified atom stereocenters. The van der Waals surface area contributed by atoms with E-state index in [9.17, 15) is 9.59 Å². The lowest BCUT2D eigenvalue weighted by Crippen LogP contribution is -2.34. The second-order valence-corrected chi connectivity index (χ2v) is 6.06. The fraction of sp³-hybridized carbons (Fsp3) is 0.167. The molecule has 0 saturated carbocycles. The van der Waals surface area contributed by atoms with Crippen molar-refractivity contribution in [3.8, 4) is 11.5 Å². The van der Waals surface area contributed by atoms with E-state index in [4.69, 9.17) is 32.7 Å². The van der Waals surface area contributed by atoms with Gasteiger partial charge in [0, 0.05) is 16.1 Å². The lowest BCUT2D eigenvalue weighted by atomic mass is 10.2. The Balaban J connectivity index is 1.87. The summed E-state index contributed by atoms with van der Waals surface area (Å²) in [4.78, 5) is 23.9. The predicted octanol–water partition coefficient (Wildman–Crippen LogP) is 2.89. The van der Waals surface area contributed by atoms with Gasteiger partial charge in [0.05, 0.1) is 32.0 Å². The molecule has 0 fully saturated rings. The molecule has 142 valence electrons. The average Bonchev–Trinajstić information content (AvgIpc) is 2.67. The highest BCUT2D eigenvalue weighted by molar-refractivity contribution is 6.36. The summed E-state index contributed by atoms with van der Waals surface area (Å²) in [6, 6.07) is 9.57. The molecule has 7 nitrogen and oxygen atoms in total. The van der Waals surface area contributed by atoms with E-state index in [2.05, 4.69) is 15.8 Å². The lowest BCUT2D eigenvalue weighted by Gasteiger charge is -2.09. The number of rotatable bonds is 7. The van der Waals surface area contributed by atoms with Crippen molar-refractivity contribution in [2.24, 2.45) is 5.10 Å². The number of amides is 2. The van der Waals surface area contributed by atoms with Crippen LogP contribution in [0, 0.1) is 0 Å². The third-order valence-corrected chi connectivity index (χ3v) is 3.97. The summed E-state index contributed by atoms with van der Waals surface area (Å²) in [5.41, 5.74) is 3.22. The molecule has 0 aliphatic rings. The number of ether oxygens (including phenoxy) is 2. The summed E-state index contributed by atoms with van der Waals surface area (Å²) in [5, 5.41) is 7.19. The lowest BCUT2D eigenvalue weighted by molar-refractivity contribution is -0.120. The van der Waals surface area contributed by atoms with Crippen LogP contribution in [-0.2, 0) is 4.79 Å². The fourth-order valence-electron chi connectivity index (χ4n) is 2.06. The zero-order chi connectivity index (χ0) is 19.8. The number of hydrogen-bond donors (Lipinski definition) is 2. The number of carbonyl (C=O) groups is 2. The largest absolute Gasteiger partial charge is 0.493 e. The van der Waals surface area contributed by atoms with E-state index in [1.807, 2.05) is 0 Å². The first kappa shape index (κ1) is 20.5. The average molecular weight is 410 g/mol. The second kappa shape index (κ2) is 9.80. The Morgan fingerprint density at radius 3 is 2.48 bits per heavy atom. The van der Waals surface area contributed by atoms with Crippen molar-refractivity contribution in [3.05, 3.63) is 57.6 Å². The third-order valence-electron chi connectivity index (χ3n) is 3.41. The Hall–Kier alpha value is -2.77. The highest BCUT2D eigenvalue weighted by Crippen LogP contribution is 2.27. The van der Waals surface area contributed by atoms with Crippen LogP contribution >= 0.6 is 23.2 Å². The van der Waals surface area contributed by atoms with Gasteiger partial charge in [-0.3, -0.25) is 9.59 Å². The van der Waals surface area contributed by atoms with Crippen molar-refractivity contribution in [1.29, 1.82) is 0 Å². The molecule has 27 heavy (non-hydrogen) atoms. The van der Waals surface area contributed by atoms with Gasteiger partial charge in [-0.15, -0.1) is 0 Å². The topological polar surface area (TPSA) is 89.0 Å². The first-order valence-electron chi connectivity index (χ1n) is 7.71. The zero-order valence-corrected chi connectivity index (χ0v) is 16.1. The van der Waals surface area contributed by atoms with Crippen molar-refractivity contribution in [2.45, 2.75) is 0 Å². The van der Waals surface area contributed by atoms with Gasteiger partial charge in [-0.1, -0.05) is 29.3 Å². The van der Waals surface area contributed by atoms with Gasteiger partial charge in [0.15, 0.2) is 11.5 Å². The van der Waals surface area contributed by atoms with Crippen LogP contribution in [0.15, 0.2) is 41.5 Å². The molecule has 0 heterocycles. The van der Waals surface area contributed by atoms with Crippen LogP contribution in [-0.4, -0.2) is 38.8 Å². The quantitative estimate of drug-likeness (QED) is 0.543.